The summed E-state index contributed by atoms with van der Waals surface area (Å²) in [5.41, 5.74) is 0.585. The zero-order chi connectivity index (χ0) is 16.4. The number of hydrogen-bond acceptors (Lipinski definition) is 3. The van der Waals surface area contributed by atoms with Gasteiger partial charge >= 0.3 is 0 Å². The van der Waals surface area contributed by atoms with Gasteiger partial charge in [-0.2, -0.15) is 0 Å². The smallest absolute Gasteiger partial charge is 0.251 e. The zero-order valence-corrected chi connectivity index (χ0v) is 13.8. The second kappa shape index (κ2) is 9.65. The molecule has 22 heavy (non-hydrogen) atoms. The van der Waals surface area contributed by atoms with Gasteiger partial charge in [-0.3, -0.25) is 9.79 Å². The Morgan fingerprint density at radius 3 is 2.59 bits per heavy atom. The zero-order valence-electron chi connectivity index (χ0n) is 13.8. The van der Waals surface area contributed by atoms with Crippen molar-refractivity contribution in [1.82, 2.24) is 16.0 Å². The van der Waals surface area contributed by atoms with Crippen molar-refractivity contribution < 1.29 is 9.53 Å². The average molecular weight is 306 g/mol. The minimum absolute atomic E-state index is 0.120. The highest BCUT2D eigenvalue weighted by Gasteiger charge is 2.06. The van der Waals surface area contributed by atoms with Crippen molar-refractivity contribution in [2.75, 3.05) is 33.8 Å². The van der Waals surface area contributed by atoms with Crippen molar-refractivity contribution in [2.45, 2.75) is 13.8 Å². The number of carbonyl (C=O) groups excluding carboxylic acids is 1. The first kappa shape index (κ1) is 17.8. The first-order chi connectivity index (χ1) is 10.6. The van der Waals surface area contributed by atoms with Crippen LogP contribution in [0.2, 0.25) is 0 Å². The lowest BCUT2D eigenvalue weighted by atomic mass is 10.2. The molecule has 0 heterocycles. The molecule has 1 amide bonds. The van der Waals surface area contributed by atoms with Gasteiger partial charge in [-0.05, 0) is 24.1 Å². The maximum atomic E-state index is 12.0. The van der Waals surface area contributed by atoms with Gasteiger partial charge in [0.2, 0.25) is 0 Å². The van der Waals surface area contributed by atoms with Crippen LogP contribution in [-0.2, 0) is 0 Å². The summed E-state index contributed by atoms with van der Waals surface area (Å²) < 4.78 is 5.11. The van der Waals surface area contributed by atoms with Gasteiger partial charge in [0.05, 0.1) is 7.11 Å². The van der Waals surface area contributed by atoms with E-state index in [-0.39, 0.29) is 5.91 Å². The number of nitrogens with zero attached hydrogens (tertiary/aromatic N) is 1. The van der Waals surface area contributed by atoms with Gasteiger partial charge in [-0.1, -0.05) is 19.9 Å². The highest BCUT2D eigenvalue weighted by atomic mass is 16.5. The van der Waals surface area contributed by atoms with E-state index in [1.165, 1.54) is 0 Å². The molecule has 1 rings (SSSR count). The van der Waals surface area contributed by atoms with Crippen molar-refractivity contribution in [3.05, 3.63) is 29.8 Å². The van der Waals surface area contributed by atoms with Crippen LogP contribution in [0.3, 0.4) is 0 Å². The Morgan fingerprint density at radius 2 is 1.95 bits per heavy atom. The van der Waals surface area contributed by atoms with Crippen molar-refractivity contribution in [3.8, 4) is 5.75 Å². The number of guanidine groups is 1. The molecule has 0 saturated carbocycles. The lowest BCUT2D eigenvalue weighted by Gasteiger charge is -2.13. The first-order valence-corrected chi connectivity index (χ1v) is 7.43. The molecule has 0 bridgehead atoms. The first-order valence-electron chi connectivity index (χ1n) is 7.43. The van der Waals surface area contributed by atoms with Crippen molar-refractivity contribution in [1.29, 1.82) is 0 Å². The number of nitrogens with one attached hydrogen (secondary N) is 3. The average Bonchev–Trinajstić information content (AvgIpc) is 2.53. The summed E-state index contributed by atoms with van der Waals surface area (Å²) in [4.78, 5) is 16.1. The molecule has 0 unspecified atom stereocenters. The van der Waals surface area contributed by atoms with Crippen LogP contribution in [0.4, 0.5) is 0 Å². The van der Waals surface area contributed by atoms with Crippen LogP contribution >= 0.6 is 0 Å². The molecule has 0 atom stereocenters. The van der Waals surface area contributed by atoms with Gasteiger partial charge in [0.15, 0.2) is 5.96 Å². The van der Waals surface area contributed by atoms with Gasteiger partial charge in [-0.15, -0.1) is 0 Å². The summed E-state index contributed by atoms with van der Waals surface area (Å²) in [5, 5.41) is 9.22. The summed E-state index contributed by atoms with van der Waals surface area (Å²) in [6.07, 6.45) is 0. The molecule has 0 aromatic heterocycles. The Balaban J connectivity index is 2.32. The monoisotopic (exact) mass is 306 g/mol. The molecule has 1 aromatic rings. The van der Waals surface area contributed by atoms with Crippen molar-refractivity contribution in [3.63, 3.8) is 0 Å². The largest absolute Gasteiger partial charge is 0.497 e. The SMILES string of the molecule is CN=C(NCCNC(=O)c1cccc(OC)c1)NCC(C)C. The number of rotatable bonds is 7. The number of aliphatic imine (C=N–C) groups is 1. The van der Waals surface area contributed by atoms with E-state index in [9.17, 15) is 4.79 Å². The van der Waals surface area contributed by atoms with E-state index in [0.29, 0.717) is 30.3 Å². The fourth-order valence-electron chi connectivity index (χ4n) is 1.74. The summed E-state index contributed by atoms with van der Waals surface area (Å²) in [7, 11) is 3.31. The summed E-state index contributed by atoms with van der Waals surface area (Å²) in [5.74, 6) is 1.84. The molecular formula is C16H26N4O2. The third kappa shape index (κ3) is 6.47. The molecule has 0 aliphatic rings. The minimum atomic E-state index is -0.120. The summed E-state index contributed by atoms with van der Waals surface area (Å²) in [6, 6.07) is 7.08. The lowest BCUT2D eigenvalue weighted by molar-refractivity contribution is 0.0954. The van der Waals surface area contributed by atoms with E-state index in [2.05, 4.69) is 34.8 Å². The highest BCUT2D eigenvalue weighted by Crippen LogP contribution is 2.11. The lowest BCUT2D eigenvalue weighted by Crippen LogP contribution is -2.42. The Hall–Kier alpha value is -2.24. The molecule has 122 valence electrons. The van der Waals surface area contributed by atoms with Gasteiger partial charge in [0.1, 0.15) is 5.75 Å². The number of hydrogen-bond donors (Lipinski definition) is 3. The van der Waals surface area contributed by atoms with Crippen LogP contribution in [0.1, 0.15) is 24.2 Å². The Bertz CT molecular complexity index is 501. The molecule has 0 saturated heterocycles. The fourth-order valence-corrected chi connectivity index (χ4v) is 1.74. The standard InChI is InChI=1S/C16H26N4O2/c1-12(2)11-20-16(17-3)19-9-8-18-15(21)13-6-5-7-14(10-13)22-4/h5-7,10,12H,8-9,11H2,1-4H3,(H,18,21)(H2,17,19,20). The predicted molar refractivity (Wildman–Crippen MR) is 89.5 cm³/mol. The maximum Gasteiger partial charge on any atom is 0.251 e. The second-order valence-corrected chi connectivity index (χ2v) is 5.26. The third-order valence-corrected chi connectivity index (χ3v) is 2.94. The summed E-state index contributed by atoms with van der Waals surface area (Å²) >= 11 is 0. The molecule has 1 aromatic carbocycles. The Labute approximate surface area is 132 Å². The number of carbonyl (C=O) groups is 1. The van der Waals surface area contributed by atoms with Gasteiger partial charge in [0.25, 0.3) is 5.91 Å². The van der Waals surface area contributed by atoms with Gasteiger partial charge < -0.3 is 20.7 Å². The van der Waals surface area contributed by atoms with E-state index in [1.807, 2.05) is 6.07 Å². The second-order valence-electron chi connectivity index (χ2n) is 5.26. The van der Waals surface area contributed by atoms with Crippen LogP contribution in [-0.4, -0.2) is 45.7 Å². The molecule has 3 N–H and O–H groups in total. The van der Waals surface area contributed by atoms with Gasteiger partial charge in [-0.25, -0.2) is 0 Å². The molecular weight excluding hydrogens is 280 g/mol. The normalized spacial score (nSPS) is 11.2. The highest BCUT2D eigenvalue weighted by molar-refractivity contribution is 5.94. The molecule has 0 fully saturated rings. The van der Waals surface area contributed by atoms with Gasteiger partial charge in [0, 0.05) is 32.2 Å². The molecule has 0 aliphatic carbocycles. The Morgan fingerprint density at radius 1 is 1.23 bits per heavy atom. The Kier molecular flexibility index (Phi) is 7.81. The van der Waals surface area contributed by atoms with Crippen LogP contribution in [0.15, 0.2) is 29.3 Å². The number of methoxy groups -OCH3 is 1. The minimum Gasteiger partial charge on any atom is -0.497 e. The fraction of sp³-hybridized carbons (Fsp3) is 0.500. The van der Waals surface area contributed by atoms with E-state index in [0.717, 1.165) is 12.5 Å². The predicted octanol–water partition coefficient (Wildman–Crippen LogP) is 1.25. The van der Waals surface area contributed by atoms with Crippen LogP contribution < -0.4 is 20.7 Å². The van der Waals surface area contributed by atoms with Crippen LogP contribution in [0.5, 0.6) is 5.75 Å². The number of amides is 1. The van der Waals surface area contributed by atoms with Crippen molar-refractivity contribution >= 4 is 11.9 Å². The van der Waals surface area contributed by atoms with Crippen LogP contribution in [0, 0.1) is 5.92 Å². The number of benzene rings is 1. The third-order valence-electron chi connectivity index (χ3n) is 2.94. The van der Waals surface area contributed by atoms with Crippen LogP contribution in [0.25, 0.3) is 0 Å². The topological polar surface area (TPSA) is 74.8 Å². The van der Waals surface area contributed by atoms with Crippen molar-refractivity contribution in [2.24, 2.45) is 10.9 Å². The number of ether oxygens (including phenoxy) is 1. The van der Waals surface area contributed by atoms with E-state index in [1.54, 1.807) is 32.4 Å². The maximum absolute atomic E-state index is 12.0. The quantitative estimate of drug-likeness (QED) is 0.403. The summed E-state index contributed by atoms with van der Waals surface area (Å²) in [6.45, 7) is 6.24. The molecule has 6 nitrogen and oxygen atoms in total. The molecule has 6 heteroatoms. The molecule has 0 aliphatic heterocycles. The van der Waals surface area contributed by atoms with E-state index in [4.69, 9.17) is 4.74 Å². The molecule has 0 spiro atoms. The van der Waals surface area contributed by atoms with E-state index >= 15 is 0 Å². The van der Waals surface area contributed by atoms with E-state index < -0.39 is 0 Å². The molecule has 0 radical (unpaired) electrons.